The lowest BCUT2D eigenvalue weighted by Gasteiger charge is -2.12. The minimum Gasteiger partial charge on any atom is -0.497 e. The topological polar surface area (TPSA) is 55.4 Å². The van der Waals surface area contributed by atoms with Crippen LogP contribution in [0.3, 0.4) is 0 Å². The molecule has 0 saturated carbocycles. The van der Waals surface area contributed by atoms with Crippen molar-refractivity contribution in [1.82, 2.24) is 0 Å². The SMILES string of the molecule is COc1ccc(CCc2cc(OC)cc(Oc3cccc(CCc4cc(OC)c5c(c4)OCO5)c3)c2)cc1. The van der Waals surface area contributed by atoms with Crippen molar-refractivity contribution in [2.24, 2.45) is 0 Å². The minimum absolute atomic E-state index is 0.224. The van der Waals surface area contributed by atoms with Crippen LogP contribution < -0.4 is 28.4 Å². The second kappa shape index (κ2) is 11.8. The molecule has 0 spiro atoms. The quantitative estimate of drug-likeness (QED) is 0.220. The van der Waals surface area contributed by atoms with Gasteiger partial charge in [-0.1, -0.05) is 24.3 Å². The molecule has 4 aromatic carbocycles. The van der Waals surface area contributed by atoms with Crippen LogP contribution in [-0.4, -0.2) is 28.1 Å². The number of methoxy groups -OCH3 is 3. The molecule has 0 amide bonds. The fourth-order valence-electron chi connectivity index (χ4n) is 4.55. The van der Waals surface area contributed by atoms with Gasteiger partial charge in [-0.05, 0) is 96.5 Å². The molecule has 1 aliphatic rings. The summed E-state index contributed by atoms with van der Waals surface area (Å²) in [6.45, 7) is 0.224. The molecule has 0 fully saturated rings. The van der Waals surface area contributed by atoms with Crippen LogP contribution in [0.15, 0.2) is 78.9 Å². The Hall–Kier alpha value is -4.32. The van der Waals surface area contributed by atoms with Gasteiger partial charge in [0.05, 0.1) is 21.3 Å². The highest BCUT2D eigenvalue weighted by Crippen LogP contribution is 2.42. The Morgan fingerprint density at radius 3 is 2.00 bits per heavy atom. The van der Waals surface area contributed by atoms with Gasteiger partial charge in [0.1, 0.15) is 23.0 Å². The van der Waals surface area contributed by atoms with Crippen LogP contribution >= 0.6 is 0 Å². The smallest absolute Gasteiger partial charge is 0.231 e. The first-order valence-electron chi connectivity index (χ1n) is 12.7. The Labute approximate surface area is 223 Å². The second-order valence-corrected chi connectivity index (χ2v) is 9.15. The highest BCUT2D eigenvalue weighted by atomic mass is 16.7. The van der Waals surface area contributed by atoms with E-state index < -0.39 is 0 Å². The van der Waals surface area contributed by atoms with Crippen molar-refractivity contribution in [1.29, 1.82) is 0 Å². The lowest BCUT2D eigenvalue weighted by molar-refractivity contribution is 0.171. The highest BCUT2D eigenvalue weighted by molar-refractivity contribution is 5.55. The minimum atomic E-state index is 0.224. The number of benzene rings is 4. The molecule has 0 unspecified atom stereocenters. The summed E-state index contributed by atoms with van der Waals surface area (Å²) < 4.78 is 33.6. The zero-order valence-corrected chi connectivity index (χ0v) is 22.0. The molecule has 1 heterocycles. The first-order chi connectivity index (χ1) is 18.6. The van der Waals surface area contributed by atoms with Crippen molar-refractivity contribution in [3.63, 3.8) is 0 Å². The molecule has 196 valence electrons. The number of hydrogen-bond donors (Lipinski definition) is 0. The van der Waals surface area contributed by atoms with E-state index in [9.17, 15) is 0 Å². The van der Waals surface area contributed by atoms with Gasteiger partial charge in [0.25, 0.3) is 0 Å². The lowest BCUT2D eigenvalue weighted by Crippen LogP contribution is -1.96. The molecule has 6 nitrogen and oxygen atoms in total. The predicted octanol–water partition coefficient (Wildman–Crippen LogP) is 6.80. The van der Waals surface area contributed by atoms with E-state index in [4.69, 9.17) is 28.4 Å². The van der Waals surface area contributed by atoms with E-state index in [1.165, 1.54) is 11.1 Å². The Kier molecular flexibility index (Phi) is 7.88. The Morgan fingerprint density at radius 2 is 1.24 bits per heavy atom. The van der Waals surface area contributed by atoms with Crippen molar-refractivity contribution in [3.8, 4) is 40.2 Å². The molecule has 0 radical (unpaired) electrons. The van der Waals surface area contributed by atoms with Gasteiger partial charge in [-0.25, -0.2) is 0 Å². The average molecular weight is 513 g/mol. The van der Waals surface area contributed by atoms with Crippen LogP contribution in [-0.2, 0) is 25.7 Å². The van der Waals surface area contributed by atoms with E-state index in [1.54, 1.807) is 21.3 Å². The standard InChI is InChI=1S/C32H32O6/c1-33-26-13-11-22(12-14-26)7-9-24-16-28(34-2)20-29(17-24)38-27-6-4-5-23(15-27)8-10-25-18-30(35-3)32-31(19-25)36-21-37-32/h4-6,11-20H,7-10,21H2,1-3H3. The van der Waals surface area contributed by atoms with Gasteiger partial charge in [-0.2, -0.15) is 0 Å². The third kappa shape index (κ3) is 6.14. The molecule has 5 rings (SSSR count). The van der Waals surface area contributed by atoms with Crippen LogP contribution in [0.1, 0.15) is 22.3 Å². The Bertz CT molecular complexity index is 1380. The number of fused-ring (bicyclic) bond motifs is 1. The third-order valence-electron chi connectivity index (χ3n) is 6.59. The van der Waals surface area contributed by atoms with Crippen molar-refractivity contribution < 1.29 is 28.4 Å². The first kappa shape index (κ1) is 25.3. The predicted molar refractivity (Wildman–Crippen MR) is 146 cm³/mol. The van der Waals surface area contributed by atoms with Crippen molar-refractivity contribution in [2.75, 3.05) is 28.1 Å². The average Bonchev–Trinajstić information content (AvgIpc) is 3.44. The summed E-state index contributed by atoms with van der Waals surface area (Å²) in [5, 5.41) is 0. The van der Waals surface area contributed by atoms with E-state index in [1.807, 2.05) is 42.5 Å². The molecule has 0 bridgehead atoms. The molecule has 0 saturated heterocycles. The van der Waals surface area contributed by atoms with Crippen LogP contribution in [0.2, 0.25) is 0 Å². The molecule has 0 N–H and O–H groups in total. The summed E-state index contributed by atoms with van der Waals surface area (Å²) >= 11 is 0. The summed E-state index contributed by atoms with van der Waals surface area (Å²) in [4.78, 5) is 0. The number of ether oxygens (including phenoxy) is 6. The number of rotatable bonds is 11. The third-order valence-corrected chi connectivity index (χ3v) is 6.59. The maximum absolute atomic E-state index is 6.28. The van der Waals surface area contributed by atoms with Gasteiger partial charge >= 0.3 is 0 Å². The molecule has 1 aliphatic heterocycles. The molecule has 0 atom stereocenters. The van der Waals surface area contributed by atoms with E-state index in [0.717, 1.165) is 65.6 Å². The summed E-state index contributed by atoms with van der Waals surface area (Å²) in [5.74, 6) is 5.30. The monoisotopic (exact) mass is 512 g/mol. The van der Waals surface area contributed by atoms with Gasteiger partial charge < -0.3 is 28.4 Å². The van der Waals surface area contributed by atoms with Crippen LogP contribution in [0.25, 0.3) is 0 Å². The molecule has 4 aromatic rings. The largest absolute Gasteiger partial charge is 0.497 e. The van der Waals surface area contributed by atoms with Gasteiger partial charge in [0, 0.05) is 6.07 Å². The summed E-state index contributed by atoms with van der Waals surface area (Å²) in [6, 6.07) is 26.5. The highest BCUT2D eigenvalue weighted by Gasteiger charge is 2.20. The number of aryl methyl sites for hydroxylation is 4. The van der Waals surface area contributed by atoms with Gasteiger partial charge in [-0.3, -0.25) is 0 Å². The molecule has 0 aromatic heterocycles. The Balaban J connectivity index is 1.25. The second-order valence-electron chi connectivity index (χ2n) is 9.15. The fourth-order valence-corrected chi connectivity index (χ4v) is 4.55. The lowest BCUT2D eigenvalue weighted by atomic mass is 10.0. The summed E-state index contributed by atoms with van der Waals surface area (Å²) in [5.41, 5.74) is 4.72. The van der Waals surface area contributed by atoms with Crippen LogP contribution in [0.5, 0.6) is 40.2 Å². The van der Waals surface area contributed by atoms with Gasteiger partial charge in [0.15, 0.2) is 11.5 Å². The Morgan fingerprint density at radius 1 is 0.553 bits per heavy atom. The maximum Gasteiger partial charge on any atom is 0.231 e. The first-order valence-corrected chi connectivity index (χ1v) is 12.7. The molecular formula is C32H32O6. The number of hydrogen-bond acceptors (Lipinski definition) is 6. The maximum atomic E-state index is 6.28. The normalized spacial score (nSPS) is 11.8. The molecule has 6 heteroatoms. The summed E-state index contributed by atoms with van der Waals surface area (Å²) in [6.07, 6.45) is 3.48. The molecular weight excluding hydrogens is 480 g/mol. The fraction of sp³-hybridized carbons (Fsp3) is 0.250. The zero-order valence-electron chi connectivity index (χ0n) is 22.0. The molecule has 38 heavy (non-hydrogen) atoms. The zero-order chi connectivity index (χ0) is 26.3. The van der Waals surface area contributed by atoms with E-state index in [2.05, 4.69) is 36.4 Å². The van der Waals surface area contributed by atoms with Crippen LogP contribution in [0.4, 0.5) is 0 Å². The van der Waals surface area contributed by atoms with Crippen molar-refractivity contribution in [3.05, 3.63) is 101 Å². The van der Waals surface area contributed by atoms with E-state index >= 15 is 0 Å². The van der Waals surface area contributed by atoms with E-state index in [-0.39, 0.29) is 6.79 Å². The van der Waals surface area contributed by atoms with Crippen molar-refractivity contribution in [2.45, 2.75) is 25.7 Å². The van der Waals surface area contributed by atoms with Crippen LogP contribution in [0, 0.1) is 0 Å². The van der Waals surface area contributed by atoms with E-state index in [0.29, 0.717) is 11.5 Å². The van der Waals surface area contributed by atoms with Gasteiger partial charge in [-0.15, -0.1) is 0 Å². The van der Waals surface area contributed by atoms with Gasteiger partial charge in [0.2, 0.25) is 12.5 Å². The molecule has 0 aliphatic carbocycles. The summed E-state index contributed by atoms with van der Waals surface area (Å²) in [7, 11) is 5.00. The van der Waals surface area contributed by atoms with Crippen molar-refractivity contribution >= 4 is 0 Å².